The minimum Gasteiger partial charge on any atom is -0.391 e. The number of benzene rings is 2. The summed E-state index contributed by atoms with van der Waals surface area (Å²) in [6, 6.07) is 6.51. The molecule has 0 saturated heterocycles. The van der Waals surface area contributed by atoms with Crippen LogP contribution in [0, 0.1) is 0 Å². The second-order valence-electron chi connectivity index (χ2n) is 6.81. The van der Waals surface area contributed by atoms with E-state index in [1.54, 1.807) is 0 Å². The molecule has 0 radical (unpaired) electrons. The number of alkyl halides is 3. The number of fused-ring (bicyclic) bond motifs is 1. The third-order valence-corrected chi connectivity index (χ3v) is 6.51. The zero-order valence-electron chi connectivity index (χ0n) is 16.0. The first-order valence-corrected chi connectivity index (χ1v) is 11.0. The molecule has 0 saturated carbocycles. The van der Waals surface area contributed by atoms with E-state index in [1.807, 2.05) is 0 Å². The first-order valence-electron chi connectivity index (χ1n) is 8.65. The Morgan fingerprint density at radius 3 is 2.47 bits per heavy atom. The number of nitrogens with zero attached hydrogens (tertiary/aromatic N) is 3. The van der Waals surface area contributed by atoms with Crippen LogP contribution in [0.1, 0.15) is 17.3 Å². The van der Waals surface area contributed by atoms with Crippen molar-refractivity contribution in [2.24, 2.45) is 5.73 Å². The minimum atomic E-state index is -4.48. The summed E-state index contributed by atoms with van der Waals surface area (Å²) >= 11 is 23.1. The Hall–Kier alpha value is -1.79. The van der Waals surface area contributed by atoms with E-state index in [-0.39, 0.29) is 59.9 Å². The molecule has 170 valence electrons. The van der Waals surface area contributed by atoms with Crippen LogP contribution in [-0.2, 0) is 6.54 Å². The quantitative estimate of drug-likeness (QED) is 0.244. The van der Waals surface area contributed by atoms with Crippen LogP contribution in [0.15, 0.2) is 35.2 Å². The molecule has 1 atom stereocenters. The maximum Gasteiger partial charge on any atom is 0.446 e. The van der Waals surface area contributed by atoms with E-state index in [1.165, 1.54) is 36.0 Å². The summed E-state index contributed by atoms with van der Waals surface area (Å²) in [5, 5.41) is 11.7. The third kappa shape index (κ3) is 5.57. The van der Waals surface area contributed by atoms with Crippen LogP contribution >= 0.6 is 58.8 Å². The van der Waals surface area contributed by atoms with Crippen molar-refractivity contribution < 1.29 is 18.0 Å². The number of nitrogens with two attached hydrogens (primary N) is 1. The number of aromatic nitrogens is 3. The van der Waals surface area contributed by atoms with Gasteiger partial charge in [0.05, 0.1) is 21.6 Å². The second-order valence-corrected chi connectivity index (χ2v) is 9.58. The number of carbonyl (C=O) groups is 1. The molecule has 0 aliphatic carbocycles. The van der Waals surface area contributed by atoms with E-state index in [2.05, 4.69) is 15.5 Å². The second kappa shape index (κ2) is 9.22. The van der Waals surface area contributed by atoms with Crippen molar-refractivity contribution >= 4 is 80.7 Å². The van der Waals surface area contributed by atoms with Crippen LogP contribution in [0.3, 0.4) is 0 Å². The number of amides is 1. The minimum absolute atomic E-state index is 0.00168. The van der Waals surface area contributed by atoms with Crippen LogP contribution in [0.5, 0.6) is 0 Å². The molecular weight excluding hydrogens is 530 g/mol. The van der Waals surface area contributed by atoms with Crippen molar-refractivity contribution in [3.05, 3.63) is 51.0 Å². The fraction of sp³-hybridized carbons (Fsp3) is 0.222. The number of rotatable bonds is 6. The van der Waals surface area contributed by atoms with E-state index < -0.39 is 17.0 Å². The lowest BCUT2D eigenvalue weighted by molar-refractivity contribution is -0.0328. The van der Waals surface area contributed by atoms with Crippen molar-refractivity contribution in [3.8, 4) is 0 Å². The van der Waals surface area contributed by atoms with Crippen molar-refractivity contribution in [1.82, 2.24) is 20.3 Å². The molecule has 1 amide bonds. The summed E-state index contributed by atoms with van der Waals surface area (Å²) in [4.78, 5) is 13.7. The summed E-state index contributed by atoms with van der Waals surface area (Å²) in [7, 11) is 0. The van der Waals surface area contributed by atoms with Gasteiger partial charge in [-0.25, -0.2) is 0 Å². The van der Waals surface area contributed by atoms with E-state index in [9.17, 15) is 18.0 Å². The van der Waals surface area contributed by atoms with Crippen molar-refractivity contribution in [3.63, 3.8) is 0 Å². The zero-order chi connectivity index (χ0) is 23.8. The molecule has 1 heterocycles. The van der Waals surface area contributed by atoms with Gasteiger partial charge in [0.2, 0.25) is 0 Å². The Morgan fingerprint density at radius 2 is 1.84 bits per heavy atom. The molecule has 1 aromatic heterocycles. The molecule has 3 N–H and O–H groups in total. The highest BCUT2D eigenvalue weighted by Crippen LogP contribution is 2.37. The van der Waals surface area contributed by atoms with Gasteiger partial charge in [-0.3, -0.25) is 4.79 Å². The number of carbonyl (C=O) groups excluding carboxylic acids is 1. The predicted molar refractivity (Wildman–Crippen MR) is 124 cm³/mol. The molecule has 0 fully saturated rings. The maximum absolute atomic E-state index is 12.8. The number of nitrogens with one attached hydrogen (secondary N) is 1. The van der Waals surface area contributed by atoms with Gasteiger partial charge < -0.3 is 11.1 Å². The lowest BCUT2D eigenvalue weighted by Crippen LogP contribution is -2.57. The first kappa shape index (κ1) is 24.8. The number of thiocarbonyl (C=S) groups is 1. The highest BCUT2D eigenvalue weighted by atomic mass is 35.5. The predicted octanol–water partition coefficient (Wildman–Crippen LogP) is 5.48. The highest BCUT2D eigenvalue weighted by molar-refractivity contribution is 8.00. The molecular formula is C18H13Cl3F3N5OS2. The van der Waals surface area contributed by atoms with E-state index in [0.29, 0.717) is 0 Å². The largest absolute Gasteiger partial charge is 0.446 e. The van der Waals surface area contributed by atoms with Crippen LogP contribution in [0.2, 0.25) is 15.1 Å². The Kier molecular flexibility index (Phi) is 7.16. The fourth-order valence-electron chi connectivity index (χ4n) is 2.70. The van der Waals surface area contributed by atoms with Crippen molar-refractivity contribution in [2.45, 2.75) is 29.4 Å². The van der Waals surface area contributed by atoms with Crippen LogP contribution in [-0.4, -0.2) is 36.9 Å². The number of hydrogen-bond donors (Lipinski definition) is 2. The smallest absolute Gasteiger partial charge is 0.391 e. The molecule has 1 unspecified atom stereocenters. The Balaban J connectivity index is 1.88. The number of hydrogen-bond acceptors (Lipinski definition) is 5. The van der Waals surface area contributed by atoms with Gasteiger partial charge in [-0.1, -0.05) is 53.1 Å². The van der Waals surface area contributed by atoms with Crippen LogP contribution < -0.4 is 11.1 Å². The van der Waals surface area contributed by atoms with E-state index in [4.69, 9.17) is 52.8 Å². The third-order valence-electron chi connectivity index (χ3n) is 4.27. The summed E-state index contributed by atoms with van der Waals surface area (Å²) in [6.07, 6.45) is 0. The summed E-state index contributed by atoms with van der Waals surface area (Å²) in [5.41, 5.74) is 0.571. The fourth-order valence-corrected chi connectivity index (χ4v) is 4.09. The van der Waals surface area contributed by atoms with E-state index in [0.717, 1.165) is 6.07 Å². The van der Waals surface area contributed by atoms with Crippen LogP contribution in [0.4, 0.5) is 13.2 Å². The molecule has 0 bridgehead atoms. The highest BCUT2D eigenvalue weighted by Gasteiger charge is 2.33. The maximum atomic E-state index is 12.8. The molecule has 6 nitrogen and oxygen atoms in total. The molecule has 32 heavy (non-hydrogen) atoms. The topological polar surface area (TPSA) is 85.8 Å². The van der Waals surface area contributed by atoms with Crippen molar-refractivity contribution in [2.75, 3.05) is 0 Å². The normalized spacial score (nSPS) is 13.7. The van der Waals surface area contributed by atoms with Crippen molar-refractivity contribution in [1.29, 1.82) is 0 Å². The zero-order valence-corrected chi connectivity index (χ0v) is 19.9. The average Bonchev–Trinajstić information content (AvgIpc) is 3.09. The van der Waals surface area contributed by atoms with Gasteiger partial charge in [0.15, 0.2) is 0 Å². The Labute approximate surface area is 204 Å². The molecule has 0 aliphatic heterocycles. The van der Waals surface area contributed by atoms with Gasteiger partial charge >= 0.3 is 5.51 Å². The molecule has 14 heteroatoms. The SMILES string of the molecule is CC(Cn1nc2c(Cl)cc(Cl)c(Cl)c2n1)(NC(=O)c1cccc(SC(F)(F)F)c1)C(N)=S. The molecule has 3 rings (SSSR count). The number of thioether (sulfide) groups is 1. The van der Waals surface area contributed by atoms with Gasteiger partial charge in [0.25, 0.3) is 5.91 Å². The van der Waals surface area contributed by atoms with Gasteiger partial charge in [-0.05, 0) is 43.0 Å². The lowest BCUT2D eigenvalue weighted by atomic mass is 10.0. The Morgan fingerprint density at radius 1 is 1.19 bits per heavy atom. The molecule has 2 aromatic carbocycles. The average molecular weight is 543 g/mol. The lowest BCUT2D eigenvalue weighted by Gasteiger charge is -2.29. The first-order chi connectivity index (χ1) is 14.8. The summed E-state index contributed by atoms with van der Waals surface area (Å²) < 4.78 is 37.9. The van der Waals surface area contributed by atoms with Gasteiger partial charge in [0.1, 0.15) is 21.6 Å². The molecule has 3 aromatic rings. The van der Waals surface area contributed by atoms with Gasteiger partial charge in [-0.2, -0.15) is 28.2 Å². The number of halogens is 6. The Bertz CT molecular complexity index is 1220. The molecule has 0 aliphatic rings. The van der Waals surface area contributed by atoms with Gasteiger partial charge in [-0.15, -0.1) is 0 Å². The summed E-state index contributed by atoms with van der Waals surface area (Å²) in [6.45, 7) is 1.43. The van der Waals surface area contributed by atoms with Gasteiger partial charge in [0, 0.05) is 10.5 Å². The van der Waals surface area contributed by atoms with Crippen LogP contribution in [0.25, 0.3) is 11.0 Å². The molecule has 0 spiro atoms. The summed E-state index contributed by atoms with van der Waals surface area (Å²) in [5.74, 6) is -0.680. The monoisotopic (exact) mass is 541 g/mol. The standard InChI is InChI=1S/C18H13Cl3F3N5OS2/c1-17(16(25)31,7-29-27-13-11(20)6-10(19)12(21)14(13)28-29)26-15(30)8-3-2-4-9(5-8)32-18(22,23)24/h2-6H,7H2,1H3,(H2,25,31)(H,26,30). The van der Waals surface area contributed by atoms with E-state index >= 15 is 0 Å².